The minimum atomic E-state index is -1.30. The van der Waals surface area contributed by atoms with E-state index in [1.165, 1.54) is 11.3 Å². The van der Waals surface area contributed by atoms with E-state index in [1.54, 1.807) is 0 Å². The molecular weight excluding hydrogens is 147 g/mol. The number of aryl methyl sites for hydroxylation is 1. The van der Waals surface area contributed by atoms with Gasteiger partial charge in [0, 0.05) is 4.78 Å². The molecule has 2 nitrogen and oxygen atoms in total. The molecule has 0 bridgehead atoms. The van der Waals surface area contributed by atoms with E-state index in [0.717, 1.165) is 12.0 Å². The molecule has 0 saturated carbocycles. The highest BCUT2D eigenvalue weighted by atomic mass is 32.1. The first kappa shape index (κ1) is 7.79. The molecule has 2 N–H and O–H groups in total. The fourth-order valence-electron chi connectivity index (χ4n) is 0.715. The highest BCUT2D eigenvalue weighted by molar-refractivity contribution is 7.20. The smallest absolute Gasteiger partial charge is 0.423 e. The lowest BCUT2D eigenvalue weighted by molar-refractivity contribution is 0.427. The quantitative estimate of drug-likeness (QED) is 0.591. The Balaban J connectivity index is 2.78. The van der Waals surface area contributed by atoms with Gasteiger partial charge in [0.2, 0.25) is 0 Å². The van der Waals surface area contributed by atoms with Crippen LogP contribution in [0.4, 0.5) is 0 Å². The number of thiophene rings is 1. The minimum Gasteiger partial charge on any atom is -0.423 e. The van der Waals surface area contributed by atoms with Crippen molar-refractivity contribution in [1.29, 1.82) is 0 Å². The van der Waals surface area contributed by atoms with Gasteiger partial charge in [0.1, 0.15) is 0 Å². The third-order valence-corrected chi connectivity index (χ3v) is 2.36. The van der Waals surface area contributed by atoms with E-state index >= 15 is 0 Å². The van der Waals surface area contributed by atoms with Crippen LogP contribution in [0, 0.1) is 0 Å². The second kappa shape index (κ2) is 3.19. The van der Waals surface area contributed by atoms with Gasteiger partial charge in [-0.2, -0.15) is 11.3 Å². The SMILES string of the molecule is CCc1csc(B(O)O)c1. The van der Waals surface area contributed by atoms with Gasteiger partial charge in [0.25, 0.3) is 0 Å². The molecule has 0 aliphatic carbocycles. The predicted molar refractivity (Wildman–Crippen MR) is 43.5 cm³/mol. The Morgan fingerprint density at radius 1 is 1.60 bits per heavy atom. The van der Waals surface area contributed by atoms with Crippen molar-refractivity contribution < 1.29 is 10.0 Å². The largest absolute Gasteiger partial charge is 0.499 e. The van der Waals surface area contributed by atoms with Crippen molar-refractivity contribution >= 4 is 23.2 Å². The van der Waals surface area contributed by atoms with E-state index in [-0.39, 0.29) is 0 Å². The van der Waals surface area contributed by atoms with Crippen LogP contribution in [0.25, 0.3) is 0 Å². The fraction of sp³-hybridized carbons (Fsp3) is 0.333. The molecule has 1 heterocycles. The van der Waals surface area contributed by atoms with Crippen molar-refractivity contribution in [2.75, 3.05) is 0 Å². The van der Waals surface area contributed by atoms with Crippen molar-refractivity contribution in [1.82, 2.24) is 0 Å². The summed E-state index contributed by atoms with van der Waals surface area (Å²) in [5.41, 5.74) is 1.16. The van der Waals surface area contributed by atoms with Crippen molar-refractivity contribution in [3.05, 3.63) is 17.0 Å². The standard InChI is InChI=1S/C6H9BO2S/c1-2-5-3-6(7(8)9)10-4-5/h3-4,8-9H,2H2,1H3. The minimum absolute atomic E-state index is 0.622. The average molecular weight is 156 g/mol. The van der Waals surface area contributed by atoms with Gasteiger partial charge in [0.15, 0.2) is 0 Å². The summed E-state index contributed by atoms with van der Waals surface area (Å²) in [4.78, 5) is 0. The number of hydrogen-bond acceptors (Lipinski definition) is 3. The maximum Gasteiger partial charge on any atom is 0.499 e. The lowest BCUT2D eigenvalue weighted by Crippen LogP contribution is -2.26. The van der Waals surface area contributed by atoms with E-state index < -0.39 is 7.12 Å². The topological polar surface area (TPSA) is 40.5 Å². The Bertz CT molecular complexity index is 209. The van der Waals surface area contributed by atoms with Gasteiger partial charge in [-0.15, -0.1) is 0 Å². The van der Waals surface area contributed by atoms with E-state index in [4.69, 9.17) is 10.0 Å². The highest BCUT2D eigenvalue weighted by Gasteiger charge is 2.12. The molecule has 1 aromatic heterocycles. The molecule has 0 aromatic carbocycles. The molecule has 4 heteroatoms. The molecule has 10 heavy (non-hydrogen) atoms. The maximum absolute atomic E-state index is 8.70. The Labute approximate surface area is 64.3 Å². The first-order valence-electron chi connectivity index (χ1n) is 3.17. The van der Waals surface area contributed by atoms with Crippen molar-refractivity contribution in [2.24, 2.45) is 0 Å². The molecule has 0 amide bonds. The third kappa shape index (κ3) is 1.59. The van der Waals surface area contributed by atoms with Crippen LogP contribution in [-0.2, 0) is 6.42 Å². The lowest BCUT2D eigenvalue weighted by atomic mass is 9.89. The molecule has 0 spiro atoms. The summed E-state index contributed by atoms with van der Waals surface area (Å²) in [7, 11) is -1.30. The summed E-state index contributed by atoms with van der Waals surface area (Å²) in [6.07, 6.45) is 0.948. The average Bonchev–Trinajstić information content (AvgIpc) is 2.34. The van der Waals surface area contributed by atoms with E-state index in [0.29, 0.717) is 4.78 Å². The Morgan fingerprint density at radius 2 is 2.30 bits per heavy atom. The summed E-state index contributed by atoms with van der Waals surface area (Å²) >= 11 is 1.38. The highest BCUT2D eigenvalue weighted by Crippen LogP contribution is 2.04. The van der Waals surface area contributed by atoms with E-state index in [9.17, 15) is 0 Å². The molecule has 0 unspecified atom stereocenters. The Hall–Kier alpha value is -0.315. The van der Waals surface area contributed by atoms with Crippen LogP contribution >= 0.6 is 11.3 Å². The number of rotatable bonds is 2. The second-order valence-electron chi connectivity index (χ2n) is 2.08. The van der Waals surface area contributed by atoms with Gasteiger partial charge in [-0.25, -0.2) is 0 Å². The fourth-order valence-corrected chi connectivity index (χ4v) is 1.58. The summed E-state index contributed by atoms with van der Waals surface area (Å²) in [5, 5.41) is 19.3. The first-order valence-corrected chi connectivity index (χ1v) is 4.05. The second-order valence-corrected chi connectivity index (χ2v) is 3.03. The van der Waals surface area contributed by atoms with Crippen LogP contribution in [0.15, 0.2) is 11.4 Å². The maximum atomic E-state index is 8.70. The normalized spacial score (nSPS) is 9.90. The predicted octanol–water partition coefficient (Wildman–Crippen LogP) is -0.00970. The first-order chi connectivity index (χ1) is 4.74. The molecule has 0 saturated heterocycles. The van der Waals surface area contributed by atoms with Gasteiger partial charge in [0.05, 0.1) is 0 Å². The van der Waals surface area contributed by atoms with Gasteiger partial charge >= 0.3 is 7.12 Å². The monoisotopic (exact) mass is 156 g/mol. The lowest BCUT2D eigenvalue weighted by Gasteiger charge is -1.88. The van der Waals surface area contributed by atoms with Crippen LogP contribution in [0.3, 0.4) is 0 Å². The summed E-state index contributed by atoms with van der Waals surface area (Å²) in [6.45, 7) is 2.04. The molecule has 1 rings (SSSR count). The van der Waals surface area contributed by atoms with Gasteiger partial charge < -0.3 is 10.0 Å². The summed E-state index contributed by atoms with van der Waals surface area (Å²) in [6, 6.07) is 1.81. The molecule has 0 aliphatic heterocycles. The van der Waals surface area contributed by atoms with Gasteiger partial charge in [-0.05, 0) is 23.4 Å². The van der Waals surface area contributed by atoms with Crippen molar-refractivity contribution in [2.45, 2.75) is 13.3 Å². The van der Waals surface area contributed by atoms with Gasteiger partial charge in [-0.1, -0.05) is 6.92 Å². The van der Waals surface area contributed by atoms with Crippen LogP contribution in [0.1, 0.15) is 12.5 Å². The van der Waals surface area contributed by atoms with E-state index in [1.807, 2.05) is 18.4 Å². The molecule has 54 valence electrons. The molecule has 0 atom stereocenters. The van der Waals surface area contributed by atoms with Crippen LogP contribution < -0.4 is 4.78 Å². The number of hydrogen-bond donors (Lipinski definition) is 2. The third-order valence-electron chi connectivity index (χ3n) is 1.34. The molecule has 0 aliphatic rings. The van der Waals surface area contributed by atoms with Crippen molar-refractivity contribution in [3.8, 4) is 0 Å². The Morgan fingerprint density at radius 3 is 2.60 bits per heavy atom. The van der Waals surface area contributed by atoms with Crippen LogP contribution in [-0.4, -0.2) is 17.2 Å². The zero-order valence-corrected chi connectivity index (χ0v) is 6.56. The zero-order chi connectivity index (χ0) is 7.56. The van der Waals surface area contributed by atoms with Crippen molar-refractivity contribution in [3.63, 3.8) is 0 Å². The van der Waals surface area contributed by atoms with Crippen LogP contribution in [0.2, 0.25) is 0 Å². The molecule has 0 radical (unpaired) electrons. The Kier molecular flexibility index (Phi) is 2.48. The van der Waals surface area contributed by atoms with Gasteiger partial charge in [-0.3, -0.25) is 0 Å². The zero-order valence-electron chi connectivity index (χ0n) is 5.74. The van der Waals surface area contributed by atoms with E-state index in [2.05, 4.69) is 0 Å². The molecular formula is C6H9BO2S. The molecule has 0 fully saturated rings. The van der Waals surface area contributed by atoms with Crippen LogP contribution in [0.5, 0.6) is 0 Å². The summed E-state index contributed by atoms with van der Waals surface area (Å²) in [5.74, 6) is 0. The molecule has 1 aromatic rings. The summed E-state index contributed by atoms with van der Waals surface area (Å²) < 4.78 is 0.622.